The van der Waals surface area contributed by atoms with Crippen LogP contribution >= 0.6 is 11.8 Å². The Bertz CT molecular complexity index is 923. The average Bonchev–Trinajstić information content (AvgIpc) is 3.46. The third kappa shape index (κ3) is 4.14. The molecule has 0 saturated heterocycles. The molecule has 0 aromatic heterocycles. The van der Waals surface area contributed by atoms with E-state index in [1.807, 2.05) is 31.2 Å². The van der Waals surface area contributed by atoms with Crippen LogP contribution in [0.5, 0.6) is 5.75 Å². The quantitative estimate of drug-likeness (QED) is 0.354. The van der Waals surface area contributed by atoms with Crippen molar-refractivity contribution in [1.82, 2.24) is 0 Å². The third-order valence-corrected chi connectivity index (χ3v) is 6.03. The summed E-state index contributed by atoms with van der Waals surface area (Å²) >= 11 is 1.68. The number of nitrogens with zero attached hydrogens (tertiary/aromatic N) is 1. The highest BCUT2D eigenvalue weighted by Gasteiger charge is 2.48. The zero-order valence-corrected chi connectivity index (χ0v) is 17.6. The van der Waals surface area contributed by atoms with Gasteiger partial charge in [-0.25, -0.2) is 0 Å². The molecule has 0 N–H and O–H groups in total. The van der Waals surface area contributed by atoms with Crippen molar-refractivity contribution < 1.29 is 9.57 Å². The van der Waals surface area contributed by atoms with Gasteiger partial charge in [-0.15, -0.1) is 4.91 Å². The molecular formula is C23H25NO3S. The van der Waals surface area contributed by atoms with Crippen LogP contribution < -0.4 is 4.74 Å². The zero-order valence-electron chi connectivity index (χ0n) is 16.7. The molecule has 0 atom stereocenters. The second-order valence-corrected chi connectivity index (χ2v) is 8.60. The number of hydrogen-bond acceptors (Lipinski definition) is 5. The Labute approximate surface area is 170 Å². The average molecular weight is 396 g/mol. The molecule has 5 heteroatoms. The normalized spacial score (nSPS) is 14.1. The summed E-state index contributed by atoms with van der Waals surface area (Å²) in [6.45, 7) is 10.2. The molecule has 1 aliphatic carbocycles. The molecule has 28 heavy (non-hydrogen) atoms. The highest BCUT2D eigenvalue weighted by atomic mass is 32.2. The van der Waals surface area contributed by atoms with Crippen LogP contribution in [0.3, 0.4) is 0 Å². The lowest BCUT2D eigenvalue weighted by Crippen LogP contribution is -2.07. The van der Waals surface area contributed by atoms with E-state index in [0.29, 0.717) is 0 Å². The maximum absolute atomic E-state index is 10.5. The summed E-state index contributed by atoms with van der Waals surface area (Å²) < 4.78 is 5.69. The van der Waals surface area contributed by atoms with Gasteiger partial charge in [0, 0.05) is 10.5 Å². The lowest BCUT2D eigenvalue weighted by Gasteiger charge is -2.15. The summed E-state index contributed by atoms with van der Waals surface area (Å²) in [5, 5.41) is 2.63. The summed E-state index contributed by atoms with van der Waals surface area (Å²) in [7, 11) is 1.69. The van der Waals surface area contributed by atoms with Gasteiger partial charge in [-0.2, -0.15) is 0 Å². The van der Waals surface area contributed by atoms with Crippen LogP contribution in [0.2, 0.25) is 0 Å². The van der Waals surface area contributed by atoms with E-state index in [2.05, 4.69) is 44.0 Å². The summed E-state index contributed by atoms with van der Waals surface area (Å²) in [6.07, 6.45) is 1.64. The molecule has 0 aliphatic heterocycles. The van der Waals surface area contributed by atoms with Crippen molar-refractivity contribution in [3.63, 3.8) is 0 Å². The van der Waals surface area contributed by atoms with Gasteiger partial charge in [-0.3, -0.25) is 0 Å². The lowest BCUT2D eigenvalue weighted by atomic mass is 9.98. The van der Waals surface area contributed by atoms with E-state index in [4.69, 9.17) is 9.57 Å². The second-order valence-electron chi connectivity index (χ2n) is 7.29. The standard InChI is InChI=1S/C23H25NO3S/c1-15(2)22(28-16(3)4)18-8-11-20(21(14-18)26-5)17-6-9-19(10-7-17)23(12-13-23)27-24-25/h6-11,14H,3,12-13H2,1-2,4-5H3. The molecule has 0 radical (unpaired) electrons. The molecule has 1 fully saturated rings. The first kappa shape index (κ1) is 20.2. The summed E-state index contributed by atoms with van der Waals surface area (Å²) in [4.78, 5) is 17.8. The maximum atomic E-state index is 10.5. The van der Waals surface area contributed by atoms with Gasteiger partial charge in [0.1, 0.15) is 5.75 Å². The van der Waals surface area contributed by atoms with Crippen LogP contribution in [-0.2, 0) is 10.4 Å². The second kappa shape index (κ2) is 8.23. The van der Waals surface area contributed by atoms with Gasteiger partial charge < -0.3 is 9.57 Å². The van der Waals surface area contributed by atoms with E-state index in [1.54, 1.807) is 18.9 Å². The van der Waals surface area contributed by atoms with Gasteiger partial charge in [0.15, 0.2) is 10.9 Å². The monoisotopic (exact) mass is 395 g/mol. The molecule has 0 amide bonds. The molecule has 2 aromatic rings. The van der Waals surface area contributed by atoms with E-state index in [0.717, 1.165) is 45.8 Å². The Kier molecular flexibility index (Phi) is 5.94. The number of thioether (sulfide) groups is 1. The first-order valence-electron chi connectivity index (χ1n) is 9.21. The predicted octanol–water partition coefficient (Wildman–Crippen LogP) is 7.07. The van der Waals surface area contributed by atoms with E-state index in [1.165, 1.54) is 10.5 Å². The van der Waals surface area contributed by atoms with Crippen molar-refractivity contribution in [2.75, 3.05) is 7.11 Å². The number of benzene rings is 2. The molecular weight excluding hydrogens is 370 g/mol. The molecule has 1 aliphatic rings. The molecule has 0 unspecified atom stereocenters. The summed E-state index contributed by atoms with van der Waals surface area (Å²) in [5.41, 5.74) is 4.89. The maximum Gasteiger partial charge on any atom is 0.166 e. The Morgan fingerprint density at radius 3 is 2.29 bits per heavy atom. The molecule has 3 rings (SSSR count). The number of methoxy groups -OCH3 is 1. The van der Waals surface area contributed by atoms with Crippen LogP contribution in [0.25, 0.3) is 16.0 Å². The van der Waals surface area contributed by atoms with Gasteiger partial charge in [-0.05, 0) is 61.3 Å². The molecule has 146 valence electrons. The highest BCUT2D eigenvalue weighted by molar-refractivity contribution is 8.11. The Morgan fingerprint density at radius 2 is 1.79 bits per heavy atom. The van der Waals surface area contributed by atoms with Crippen LogP contribution in [0.1, 0.15) is 44.7 Å². The Balaban J connectivity index is 1.94. The van der Waals surface area contributed by atoms with E-state index < -0.39 is 5.60 Å². The molecule has 0 heterocycles. The van der Waals surface area contributed by atoms with Gasteiger partial charge in [-0.1, -0.05) is 60.3 Å². The van der Waals surface area contributed by atoms with E-state index >= 15 is 0 Å². The van der Waals surface area contributed by atoms with Gasteiger partial charge >= 0.3 is 0 Å². The molecule has 1 saturated carbocycles. The Morgan fingerprint density at radius 1 is 1.11 bits per heavy atom. The highest BCUT2D eigenvalue weighted by Crippen LogP contribution is 2.50. The van der Waals surface area contributed by atoms with E-state index in [9.17, 15) is 4.91 Å². The lowest BCUT2D eigenvalue weighted by molar-refractivity contribution is 0.0316. The van der Waals surface area contributed by atoms with E-state index in [-0.39, 0.29) is 0 Å². The minimum atomic E-state index is -0.521. The molecule has 0 bridgehead atoms. The van der Waals surface area contributed by atoms with Gasteiger partial charge in [0.25, 0.3) is 0 Å². The van der Waals surface area contributed by atoms with Crippen LogP contribution in [0.4, 0.5) is 0 Å². The number of hydrogen-bond donors (Lipinski definition) is 0. The van der Waals surface area contributed by atoms with Crippen molar-refractivity contribution in [2.24, 2.45) is 5.34 Å². The first-order chi connectivity index (χ1) is 13.4. The fourth-order valence-corrected chi connectivity index (χ4v) is 4.06. The first-order valence-corrected chi connectivity index (χ1v) is 10.0. The van der Waals surface area contributed by atoms with Crippen molar-refractivity contribution in [2.45, 2.75) is 39.2 Å². The molecule has 2 aromatic carbocycles. The number of rotatable bonds is 8. The largest absolute Gasteiger partial charge is 0.496 e. The minimum Gasteiger partial charge on any atom is -0.496 e. The fraction of sp³-hybridized carbons (Fsp3) is 0.304. The summed E-state index contributed by atoms with van der Waals surface area (Å²) in [5.74, 6) is 0.818. The van der Waals surface area contributed by atoms with Crippen LogP contribution in [0.15, 0.2) is 64.9 Å². The minimum absolute atomic E-state index is 0.521. The van der Waals surface area contributed by atoms with Crippen molar-refractivity contribution >= 4 is 16.7 Å². The van der Waals surface area contributed by atoms with Gasteiger partial charge in [0.05, 0.1) is 7.11 Å². The molecule has 0 spiro atoms. The van der Waals surface area contributed by atoms with Crippen molar-refractivity contribution in [3.05, 3.63) is 75.6 Å². The van der Waals surface area contributed by atoms with Gasteiger partial charge in [0.2, 0.25) is 0 Å². The van der Waals surface area contributed by atoms with Crippen LogP contribution in [-0.4, -0.2) is 7.11 Å². The molecule has 4 nitrogen and oxygen atoms in total. The third-order valence-electron chi connectivity index (χ3n) is 4.83. The van der Waals surface area contributed by atoms with Crippen molar-refractivity contribution in [3.8, 4) is 16.9 Å². The number of ether oxygens (including phenoxy) is 1. The Hall–Kier alpha value is -2.53. The number of allylic oxidation sites excluding steroid dienone is 2. The smallest absolute Gasteiger partial charge is 0.166 e. The SMILES string of the molecule is C=C(C)SC(=C(C)C)c1ccc(-c2ccc(C3(ON=O)CC3)cc2)c(OC)c1. The zero-order chi connectivity index (χ0) is 20.3. The predicted molar refractivity (Wildman–Crippen MR) is 117 cm³/mol. The van der Waals surface area contributed by atoms with Crippen molar-refractivity contribution in [1.29, 1.82) is 0 Å². The topological polar surface area (TPSA) is 47.9 Å². The summed E-state index contributed by atoms with van der Waals surface area (Å²) in [6, 6.07) is 14.3. The fourth-order valence-electron chi connectivity index (χ4n) is 3.27. The van der Waals surface area contributed by atoms with Crippen LogP contribution in [0, 0.1) is 4.91 Å².